The molecule has 6 heteroatoms. The Bertz CT molecular complexity index is 1070. The van der Waals surface area contributed by atoms with Gasteiger partial charge in [-0.15, -0.1) is 11.3 Å². The van der Waals surface area contributed by atoms with E-state index in [1.54, 1.807) is 11.3 Å². The summed E-state index contributed by atoms with van der Waals surface area (Å²) in [5, 5.41) is 4.81. The summed E-state index contributed by atoms with van der Waals surface area (Å²) in [5.74, 6) is 0. The molecule has 2 atom stereocenters. The van der Waals surface area contributed by atoms with E-state index >= 15 is 0 Å². The predicted molar refractivity (Wildman–Crippen MR) is 114 cm³/mol. The Balaban J connectivity index is 1.62. The lowest BCUT2D eigenvalue weighted by atomic mass is 10.0. The quantitative estimate of drug-likeness (QED) is 0.445. The molecule has 4 heterocycles. The third-order valence-electron chi connectivity index (χ3n) is 4.95. The first-order chi connectivity index (χ1) is 12.7. The number of anilines is 1. The standard InChI is InChI=1S/C20H20N4S2/c1-12-14(3-2-7-22-12)17-10-15-18(6-8-23-20(15)25-17)26-11-24-16-9-13(21)4-5-19(16)26/h3-6,8-12,22,26H,2,7,21H2,1H3. The highest BCUT2D eigenvalue weighted by molar-refractivity contribution is 8.29. The Morgan fingerprint density at radius 2 is 2.15 bits per heavy atom. The van der Waals surface area contributed by atoms with Gasteiger partial charge in [-0.1, -0.05) is 6.08 Å². The van der Waals surface area contributed by atoms with Crippen molar-refractivity contribution in [3.05, 3.63) is 47.5 Å². The van der Waals surface area contributed by atoms with Gasteiger partial charge in [0.05, 0.1) is 5.69 Å². The maximum absolute atomic E-state index is 5.92. The van der Waals surface area contributed by atoms with E-state index in [1.165, 1.54) is 25.6 Å². The molecule has 0 aliphatic carbocycles. The first-order valence-electron chi connectivity index (χ1n) is 8.76. The highest BCUT2D eigenvalue weighted by atomic mass is 32.2. The van der Waals surface area contributed by atoms with Crippen LogP contribution in [-0.2, 0) is 0 Å². The average molecular weight is 381 g/mol. The van der Waals surface area contributed by atoms with Gasteiger partial charge in [-0.3, -0.25) is 0 Å². The second-order valence-corrected chi connectivity index (χ2v) is 9.61. The van der Waals surface area contributed by atoms with Gasteiger partial charge < -0.3 is 11.1 Å². The molecule has 2 unspecified atom stereocenters. The van der Waals surface area contributed by atoms with Crippen LogP contribution in [0.5, 0.6) is 0 Å². The van der Waals surface area contributed by atoms with Crippen molar-refractivity contribution in [2.24, 2.45) is 4.99 Å². The van der Waals surface area contributed by atoms with Gasteiger partial charge in [0.1, 0.15) is 4.83 Å². The summed E-state index contributed by atoms with van der Waals surface area (Å²) in [4.78, 5) is 14.3. The van der Waals surface area contributed by atoms with Crippen LogP contribution in [0.25, 0.3) is 15.8 Å². The van der Waals surface area contributed by atoms with E-state index in [-0.39, 0.29) is 0 Å². The van der Waals surface area contributed by atoms with Gasteiger partial charge >= 0.3 is 0 Å². The van der Waals surface area contributed by atoms with Crippen molar-refractivity contribution in [3.63, 3.8) is 0 Å². The van der Waals surface area contributed by atoms with Crippen molar-refractivity contribution >= 4 is 54.9 Å². The number of pyridine rings is 1. The number of fused-ring (bicyclic) bond motifs is 2. The summed E-state index contributed by atoms with van der Waals surface area (Å²) in [7, 11) is -0.599. The fourth-order valence-corrected chi connectivity index (χ4v) is 6.87. The van der Waals surface area contributed by atoms with E-state index in [9.17, 15) is 0 Å². The van der Waals surface area contributed by atoms with Crippen LogP contribution in [0.1, 0.15) is 18.2 Å². The minimum absolute atomic E-state index is 0.391. The zero-order valence-corrected chi connectivity index (χ0v) is 16.1. The summed E-state index contributed by atoms with van der Waals surface area (Å²) in [6.07, 6.45) is 5.38. The van der Waals surface area contributed by atoms with Crippen LogP contribution in [0.15, 0.2) is 57.4 Å². The lowest BCUT2D eigenvalue weighted by Gasteiger charge is -2.21. The SMILES string of the molecule is CC1NCCC=C1c1cc2c([SH]3C=Nc4cc(N)ccc43)ccnc2s1. The summed E-state index contributed by atoms with van der Waals surface area (Å²) in [5.41, 5.74) is 11.2. The van der Waals surface area contributed by atoms with Gasteiger partial charge in [0.2, 0.25) is 0 Å². The van der Waals surface area contributed by atoms with Crippen LogP contribution in [0.2, 0.25) is 0 Å². The molecule has 0 fully saturated rings. The van der Waals surface area contributed by atoms with Crippen LogP contribution < -0.4 is 11.1 Å². The molecule has 0 saturated heterocycles. The number of rotatable bonds is 2. The van der Waals surface area contributed by atoms with E-state index < -0.39 is 10.9 Å². The van der Waals surface area contributed by atoms with Crippen LogP contribution in [0.3, 0.4) is 0 Å². The minimum Gasteiger partial charge on any atom is -0.399 e. The van der Waals surface area contributed by atoms with Crippen molar-refractivity contribution in [1.29, 1.82) is 0 Å². The second-order valence-electron chi connectivity index (χ2n) is 6.65. The fraction of sp³-hybridized carbons (Fsp3) is 0.200. The van der Waals surface area contributed by atoms with Crippen molar-refractivity contribution < 1.29 is 0 Å². The van der Waals surface area contributed by atoms with Gasteiger partial charge in [0, 0.05) is 43.5 Å². The average Bonchev–Trinajstić information content (AvgIpc) is 3.25. The molecular weight excluding hydrogens is 360 g/mol. The predicted octanol–water partition coefficient (Wildman–Crippen LogP) is 4.74. The van der Waals surface area contributed by atoms with E-state index in [0.29, 0.717) is 6.04 Å². The Labute approximate surface area is 159 Å². The number of nitrogens with zero attached hydrogens (tertiary/aromatic N) is 2. The molecule has 3 aromatic rings. The minimum atomic E-state index is -0.599. The summed E-state index contributed by atoms with van der Waals surface area (Å²) in [6, 6.07) is 10.9. The molecule has 0 bridgehead atoms. The number of hydrogen-bond acceptors (Lipinski definition) is 5. The van der Waals surface area contributed by atoms with Gasteiger partial charge in [-0.2, -0.15) is 10.9 Å². The highest BCUT2D eigenvalue weighted by Gasteiger charge is 2.22. The van der Waals surface area contributed by atoms with Crippen LogP contribution in [0.4, 0.5) is 11.4 Å². The topological polar surface area (TPSA) is 63.3 Å². The lowest BCUT2D eigenvalue weighted by Crippen LogP contribution is -2.30. The first kappa shape index (κ1) is 16.1. The van der Waals surface area contributed by atoms with Crippen molar-refractivity contribution in [1.82, 2.24) is 10.3 Å². The van der Waals surface area contributed by atoms with Crippen molar-refractivity contribution in [3.8, 4) is 0 Å². The molecule has 5 rings (SSSR count). The number of nitrogens with one attached hydrogen (secondary N) is 1. The molecule has 0 spiro atoms. The molecule has 0 radical (unpaired) electrons. The maximum atomic E-state index is 5.92. The van der Waals surface area contributed by atoms with Crippen molar-refractivity contribution in [2.75, 3.05) is 12.3 Å². The van der Waals surface area contributed by atoms with Gasteiger partial charge in [0.25, 0.3) is 0 Å². The number of aliphatic imine (C=N–C) groups is 1. The Morgan fingerprint density at radius 1 is 1.23 bits per heavy atom. The molecular formula is C20H20N4S2. The molecule has 4 nitrogen and oxygen atoms in total. The van der Waals surface area contributed by atoms with Gasteiger partial charge in [-0.05, 0) is 55.8 Å². The van der Waals surface area contributed by atoms with E-state index in [1.807, 2.05) is 18.3 Å². The number of benzene rings is 1. The number of nitrogen functional groups attached to an aromatic ring is 1. The molecule has 1 aromatic carbocycles. The number of hydrogen-bond donors (Lipinski definition) is 3. The summed E-state index contributed by atoms with van der Waals surface area (Å²) in [6.45, 7) is 3.29. The van der Waals surface area contributed by atoms with Crippen LogP contribution in [0, 0.1) is 0 Å². The molecule has 2 aliphatic heterocycles. The van der Waals surface area contributed by atoms with Crippen LogP contribution >= 0.6 is 22.2 Å². The molecule has 2 aromatic heterocycles. The molecule has 26 heavy (non-hydrogen) atoms. The molecule has 2 aliphatic rings. The van der Waals surface area contributed by atoms with E-state index in [4.69, 9.17) is 5.73 Å². The fourth-order valence-electron chi connectivity index (χ4n) is 3.63. The van der Waals surface area contributed by atoms with Crippen molar-refractivity contribution in [2.45, 2.75) is 29.2 Å². The summed E-state index contributed by atoms with van der Waals surface area (Å²) >= 11 is 1.79. The Hall–Kier alpha value is -2.15. The van der Waals surface area contributed by atoms with E-state index in [2.05, 4.69) is 52.0 Å². The normalized spacial score (nSPS) is 23.2. The lowest BCUT2D eigenvalue weighted by molar-refractivity contribution is 0.628. The zero-order valence-electron chi connectivity index (χ0n) is 14.4. The van der Waals surface area contributed by atoms with Gasteiger partial charge in [0.15, 0.2) is 0 Å². The second kappa shape index (κ2) is 6.23. The molecule has 132 valence electrons. The van der Waals surface area contributed by atoms with Gasteiger partial charge in [-0.25, -0.2) is 9.98 Å². The maximum Gasteiger partial charge on any atom is 0.124 e. The van der Waals surface area contributed by atoms with E-state index in [0.717, 1.165) is 29.2 Å². The third-order valence-corrected chi connectivity index (χ3v) is 8.20. The summed E-state index contributed by atoms with van der Waals surface area (Å²) < 4.78 is 0. The Morgan fingerprint density at radius 3 is 3.04 bits per heavy atom. The Kier molecular flexibility index (Phi) is 3.85. The molecule has 3 N–H and O–H groups in total. The monoisotopic (exact) mass is 380 g/mol. The molecule has 0 amide bonds. The third kappa shape index (κ3) is 2.57. The number of thiol groups is 1. The number of aromatic nitrogens is 1. The smallest absolute Gasteiger partial charge is 0.124 e. The zero-order chi connectivity index (χ0) is 17.7. The first-order valence-corrected chi connectivity index (χ1v) is 11.0. The largest absolute Gasteiger partial charge is 0.399 e. The van der Waals surface area contributed by atoms with Crippen LogP contribution in [-0.4, -0.2) is 23.1 Å². The number of thiophene rings is 1. The molecule has 0 saturated carbocycles. The highest BCUT2D eigenvalue weighted by Crippen LogP contribution is 2.54. The number of nitrogens with two attached hydrogens (primary N) is 1.